The molecule has 1 aliphatic rings. The van der Waals surface area contributed by atoms with Gasteiger partial charge in [0, 0.05) is 27.4 Å². The number of aromatic nitrogens is 2. The molecule has 0 saturated heterocycles. The van der Waals surface area contributed by atoms with Gasteiger partial charge in [0.1, 0.15) is 11.6 Å². The fourth-order valence-corrected chi connectivity index (χ4v) is 5.47. The number of ketones is 1. The van der Waals surface area contributed by atoms with Gasteiger partial charge in [-0.25, -0.2) is 4.98 Å². The van der Waals surface area contributed by atoms with Gasteiger partial charge in [-0.05, 0) is 35.7 Å². The summed E-state index contributed by atoms with van der Waals surface area (Å²) >= 11 is 7.42. The SMILES string of the molecule is COc1cc2nc(N3C(=O)C(O)=C(C(=O)c4cc5cc(Cl)ccc5o4)C3c3cccs3)[nH]c2cc1OC. The zero-order valence-electron chi connectivity index (χ0n) is 19.4. The van der Waals surface area contributed by atoms with Crippen LogP contribution in [0.25, 0.3) is 22.0 Å². The summed E-state index contributed by atoms with van der Waals surface area (Å²) in [6, 6.07) is 12.6. The van der Waals surface area contributed by atoms with E-state index in [2.05, 4.69) is 9.97 Å². The smallest absolute Gasteiger partial charge is 0.296 e. The molecule has 37 heavy (non-hydrogen) atoms. The number of fused-ring (bicyclic) bond motifs is 2. The summed E-state index contributed by atoms with van der Waals surface area (Å²) in [6.07, 6.45) is 0. The summed E-state index contributed by atoms with van der Waals surface area (Å²) < 4.78 is 16.5. The molecule has 6 rings (SSSR count). The number of anilines is 1. The van der Waals surface area contributed by atoms with Crippen LogP contribution in [-0.2, 0) is 4.79 Å². The number of nitrogens with one attached hydrogen (secondary N) is 1. The van der Waals surface area contributed by atoms with Crippen LogP contribution in [0.2, 0.25) is 5.02 Å². The van der Waals surface area contributed by atoms with E-state index in [9.17, 15) is 14.7 Å². The van der Waals surface area contributed by atoms with Crippen LogP contribution in [0.4, 0.5) is 5.95 Å². The zero-order chi connectivity index (χ0) is 25.8. The lowest BCUT2D eigenvalue weighted by atomic mass is 10.0. The molecular formula is C26H18ClN3O6S. The predicted molar refractivity (Wildman–Crippen MR) is 139 cm³/mol. The third kappa shape index (κ3) is 3.64. The second-order valence-corrected chi connectivity index (χ2v) is 9.68. The number of H-pyrrole nitrogens is 1. The Labute approximate surface area is 218 Å². The number of thiophene rings is 1. The van der Waals surface area contributed by atoms with Crippen LogP contribution in [0, 0.1) is 0 Å². The van der Waals surface area contributed by atoms with Crippen LogP contribution >= 0.6 is 22.9 Å². The molecule has 9 nitrogen and oxygen atoms in total. The van der Waals surface area contributed by atoms with Crippen LogP contribution in [-0.4, -0.2) is 41.0 Å². The number of carbonyl (C=O) groups excluding carboxylic acids is 2. The molecule has 2 aromatic carbocycles. The number of aliphatic hydroxyl groups is 1. The monoisotopic (exact) mass is 535 g/mol. The van der Waals surface area contributed by atoms with Crippen molar-refractivity contribution in [3.63, 3.8) is 0 Å². The Morgan fingerprint density at radius 2 is 1.95 bits per heavy atom. The second-order valence-electron chi connectivity index (χ2n) is 8.26. The lowest BCUT2D eigenvalue weighted by Gasteiger charge is -2.22. The molecule has 11 heteroatoms. The van der Waals surface area contributed by atoms with Crippen molar-refractivity contribution in [1.82, 2.24) is 9.97 Å². The van der Waals surface area contributed by atoms with Gasteiger partial charge in [0.25, 0.3) is 5.91 Å². The van der Waals surface area contributed by atoms with Gasteiger partial charge in [0.05, 0.1) is 30.8 Å². The molecule has 5 aromatic rings. The maximum atomic E-state index is 13.7. The first-order valence-corrected chi connectivity index (χ1v) is 12.3. The van der Waals surface area contributed by atoms with Crippen LogP contribution in [0.15, 0.2) is 69.7 Å². The topological polar surface area (TPSA) is 118 Å². The highest BCUT2D eigenvalue weighted by atomic mass is 35.5. The van der Waals surface area contributed by atoms with Crippen molar-refractivity contribution in [2.24, 2.45) is 0 Å². The van der Waals surface area contributed by atoms with E-state index >= 15 is 0 Å². The number of hydrogen-bond acceptors (Lipinski definition) is 8. The molecule has 0 bridgehead atoms. The molecule has 1 amide bonds. The fourth-order valence-electron chi connectivity index (χ4n) is 4.47. The molecule has 0 spiro atoms. The number of ether oxygens (including phenoxy) is 2. The number of carbonyl (C=O) groups is 2. The highest BCUT2D eigenvalue weighted by Gasteiger charge is 2.47. The predicted octanol–water partition coefficient (Wildman–Crippen LogP) is 5.82. The number of imidazole rings is 1. The molecule has 4 heterocycles. The summed E-state index contributed by atoms with van der Waals surface area (Å²) in [5.41, 5.74) is 1.45. The van der Waals surface area contributed by atoms with Crippen molar-refractivity contribution >= 4 is 62.6 Å². The Morgan fingerprint density at radius 3 is 2.68 bits per heavy atom. The number of amides is 1. The normalized spacial score (nSPS) is 15.8. The molecule has 1 unspecified atom stereocenters. The van der Waals surface area contributed by atoms with Gasteiger partial charge in [-0.15, -0.1) is 11.3 Å². The van der Waals surface area contributed by atoms with Crippen molar-refractivity contribution < 1.29 is 28.6 Å². The van der Waals surface area contributed by atoms with E-state index in [-0.39, 0.29) is 17.3 Å². The summed E-state index contributed by atoms with van der Waals surface area (Å²) in [6.45, 7) is 0. The van der Waals surface area contributed by atoms with E-state index in [4.69, 9.17) is 25.5 Å². The Hall–Kier alpha value is -4.28. The molecule has 1 aliphatic heterocycles. The Balaban J connectivity index is 1.47. The number of aliphatic hydroxyl groups excluding tert-OH is 1. The maximum absolute atomic E-state index is 13.7. The standard InChI is InChI=1S/C26H18ClN3O6S/c1-34-17-10-14-15(11-18(17)35-2)29-26(28-14)30-22(20-4-3-7-37-20)21(24(32)25(30)33)23(31)19-9-12-8-13(27)5-6-16(12)36-19/h3-11,22,32H,1-2H3,(H,28,29). The highest BCUT2D eigenvalue weighted by Crippen LogP contribution is 2.44. The number of Topliss-reactive ketones (excluding diaryl/α,β-unsaturated/α-hetero) is 1. The van der Waals surface area contributed by atoms with Gasteiger partial charge < -0.3 is 24.0 Å². The van der Waals surface area contributed by atoms with Gasteiger partial charge in [-0.2, -0.15) is 0 Å². The van der Waals surface area contributed by atoms with E-state index in [1.165, 1.54) is 30.5 Å². The molecule has 0 aliphatic carbocycles. The van der Waals surface area contributed by atoms with Crippen LogP contribution in [0.5, 0.6) is 11.5 Å². The van der Waals surface area contributed by atoms with Gasteiger partial charge in [-0.1, -0.05) is 17.7 Å². The van der Waals surface area contributed by atoms with Crippen molar-refractivity contribution in [3.8, 4) is 11.5 Å². The number of methoxy groups -OCH3 is 2. The summed E-state index contributed by atoms with van der Waals surface area (Å²) in [5, 5.41) is 13.9. The number of benzene rings is 2. The quantitative estimate of drug-likeness (QED) is 0.263. The first-order chi connectivity index (χ1) is 17.9. The zero-order valence-corrected chi connectivity index (χ0v) is 21.0. The molecule has 2 N–H and O–H groups in total. The second kappa shape index (κ2) is 8.68. The largest absolute Gasteiger partial charge is 0.503 e. The van der Waals surface area contributed by atoms with Gasteiger partial charge in [0.15, 0.2) is 23.0 Å². The van der Waals surface area contributed by atoms with Crippen LogP contribution in [0.3, 0.4) is 0 Å². The number of rotatable bonds is 6. The lowest BCUT2D eigenvalue weighted by molar-refractivity contribution is -0.117. The number of halogens is 1. The number of furan rings is 1. The summed E-state index contributed by atoms with van der Waals surface area (Å²) in [7, 11) is 3.03. The van der Waals surface area contributed by atoms with E-state index in [1.54, 1.807) is 48.5 Å². The fraction of sp³-hybridized carbons (Fsp3) is 0.115. The summed E-state index contributed by atoms with van der Waals surface area (Å²) in [5.74, 6) is -0.963. The lowest BCUT2D eigenvalue weighted by Crippen LogP contribution is -2.31. The maximum Gasteiger partial charge on any atom is 0.296 e. The van der Waals surface area contributed by atoms with Gasteiger partial charge in [-0.3, -0.25) is 14.5 Å². The third-order valence-electron chi connectivity index (χ3n) is 6.17. The molecular weight excluding hydrogens is 518 g/mol. The van der Waals surface area contributed by atoms with Crippen LogP contribution < -0.4 is 14.4 Å². The van der Waals surface area contributed by atoms with Crippen molar-refractivity contribution in [3.05, 3.63) is 80.9 Å². The van der Waals surface area contributed by atoms with E-state index in [0.29, 0.717) is 43.4 Å². The average molecular weight is 536 g/mol. The Bertz CT molecular complexity index is 1700. The van der Waals surface area contributed by atoms with E-state index in [1.807, 2.05) is 5.38 Å². The molecule has 0 fully saturated rings. The number of hydrogen-bond donors (Lipinski definition) is 2. The van der Waals surface area contributed by atoms with Gasteiger partial charge >= 0.3 is 0 Å². The first-order valence-electron chi connectivity index (χ1n) is 11.0. The van der Waals surface area contributed by atoms with E-state index < -0.39 is 23.5 Å². The van der Waals surface area contributed by atoms with E-state index in [0.717, 1.165) is 0 Å². The number of nitrogens with zero attached hydrogens (tertiary/aromatic N) is 2. The number of aromatic amines is 1. The molecule has 1 atom stereocenters. The Morgan fingerprint density at radius 1 is 1.16 bits per heavy atom. The minimum atomic E-state index is -0.929. The van der Waals surface area contributed by atoms with Gasteiger partial charge in [0.2, 0.25) is 11.7 Å². The first kappa shape index (κ1) is 23.1. The molecule has 186 valence electrons. The Kier molecular flexibility index (Phi) is 5.43. The van der Waals surface area contributed by atoms with Crippen molar-refractivity contribution in [2.45, 2.75) is 6.04 Å². The van der Waals surface area contributed by atoms with Crippen molar-refractivity contribution in [2.75, 3.05) is 19.1 Å². The highest BCUT2D eigenvalue weighted by molar-refractivity contribution is 7.10. The molecule has 0 radical (unpaired) electrons. The molecule has 0 saturated carbocycles. The minimum Gasteiger partial charge on any atom is -0.503 e. The average Bonchev–Trinajstić information content (AvgIpc) is 3.68. The third-order valence-corrected chi connectivity index (χ3v) is 7.33. The minimum absolute atomic E-state index is 0.0194. The summed E-state index contributed by atoms with van der Waals surface area (Å²) in [4.78, 5) is 36.7. The van der Waals surface area contributed by atoms with Crippen molar-refractivity contribution in [1.29, 1.82) is 0 Å². The van der Waals surface area contributed by atoms with Crippen LogP contribution in [0.1, 0.15) is 21.5 Å². The molecule has 3 aromatic heterocycles.